The minimum absolute atomic E-state index is 0.0574. The second kappa shape index (κ2) is 7.32. The number of aryl methyl sites for hydroxylation is 1. The van der Waals surface area contributed by atoms with Gasteiger partial charge in [0.1, 0.15) is 22.4 Å². The lowest BCUT2D eigenvalue weighted by Gasteiger charge is -2.28. The standard InChI is InChI=1S/C17H27F2N5O2/c1-16(2,25-5)7-9-26-17(3,4)6-8-24-22-14-12(20)10(18)11(19)13(21)15(14)23-24/h6-9,20-21H2,1-5H3. The number of nitrogens with two attached hydrogens (primary N) is 2. The number of ether oxygens (including phenoxy) is 2. The Hall–Kier alpha value is -2.00. The summed E-state index contributed by atoms with van der Waals surface area (Å²) in [6, 6.07) is 0. The molecule has 0 fully saturated rings. The molecule has 1 aromatic heterocycles. The van der Waals surface area contributed by atoms with Crippen molar-refractivity contribution < 1.29 is 18.3 Å². The maximum atomic E-state index is 13.7. The molecule has 2 aromatic rings. The summed E-state index contributed by atoms with van der Waals surface area (Å²) in [5.41, 5.74) is 9.81. The summed E-state index contributed by atoms with van der Waals surface area (Å²) in [6.07, 6.45) is 1.34. The number of nitrogens with zero attached hydrogens (tertiary/aromatic N) is 3. The highest BCUT2D eigenvalue weighted by molar-refractivity contribution is 5.95. The molecular weight excluding hydrogens is 344 g/mol. The third-order valence-corrected chi connectivity index (χ3v) is 4.49. The number of rotatable bonds is 8. The average molecular weight is 371 g/mol. The van der Waals surface area contributed by atoms with Crippen molar-refractivity contribution >= 4 is 22.4 Å². The van der Waals surface area contributed by atoms with Gasteiger partial charge in [-0.15, -0.1) is 0 Å². The van der Waals surface area contributed by atoms with E-state index in [2.05, 4.69) is 10.2 Å². The summed E-state index contributed by atoms with van der Waals surface area (Å²) < 4.78 is 38.7. The molecule has 1 aromatic carbocycles. The average Bonchev–Trinajstić information content (AvgIpc) is 3.00. The maximum Gasteiger partial charge on any atom is 0.186 e. The van der Waals surface area contributed by atoms with Gasteiger partial charge in [-0.05, 0) is 40.5 Å². The van der Waals surface area contributed by atoms with Gasteiger partial charge in [0.15, 0.2) is 11.6 Å². The molecular formula is C17H27F2N5O2. The summed E-state index contributed by atoms with van der Waals surface area (Å²) in [6.45, 7) is 8.83. The fraction of sp³-hybridized carbons (Fsp3) is 0.647. The van der Waals surface area contributed by atoms with E-state index in [1.165, 1.54) is 4.80 Å². The Morgan fingerprint density at radius 1 is 0.923 bits per heavy atom. The number of hydrogen-bond acceptors (Lipinski definition) is 6. The van der Waals surface area contributed by atoms with Gasteiger partial charge in [0.25, 0.3) is 0 Å². The van der Waals surface area contributed by atoms with Crippen LogP contribution in [0.4, 0.5) is 20.2 Å². The summed E-state index contributed by atoms with van der Waals surface area (Å²) in [5.74, 6) is -2.40. The fourth-order valence-electron chi connectivity index (χ4n) is 2.37. The number of fused-ring (bicyclic) bond motifs is 1. The smallest absolute Gasteiger partial charge is 0.186 e. The van der Waals surface area contributed by atoms with Crippen molar-refractivity contribution in [2.24, 2.45) is 0 Å². The highest BCUT2D eigenvalue weighted by Crippen LogP contribution is 2.30. The van der Waals surface area contributed by atoms with E-state index in [1.54, 1.807) is 7.11 Å². The fourth-order valence-corrected chi connectivity index (χ4v) is 2.37. The zero-order valence-corrected chi connectivity index (χ0v) is 15.9. The number of benzene rings is 1. The molecule has 9 heteroatoms. The third-order valence-electron chi connectivity index (χ3n) is 4.49. The van der Waals surface area contributed by atoms with Crippen LogP contribution in [0.3, 0.4) is 0 Å². The normalized spacial score (nSPS) is 12.9. The van der Waals surface area contributed by atoms with E-state index < -0.39 is 28.6 Å². The first-order chi connectivity index (χ1) is 12.0. The van der Waals surface area contributed by atoms with Crippen molar-refractivity contribution in [1.29, 1.82) is 0 Å². The van der Waals surface area contributed by atoms with Gasteiger partial charge in [0.2, 0.25) is 0 Å². The molecule has 0 unspecified atom stereocenters. The van der Waals surface area contributed by atoms with Gasteiger partial charge in [-0.25, -0.2) is 8.78 Å². The molecule has 0 amide bonds. The summed E-state index contributed by atoms with van der Waals surface area (Å²) in [5, 5.41) is 8.26. The Morgan fingerprint density at radius 3 is 1.88 bits per heavy atom. The Labute approximate surface area is 151 Å². The van der Waals surface area contributed by atoms with Gasteiger partial charge >= 0.3 is 0 Å². The van der Waals surface area contributed by atoms with E-state index in [4.69, 9.17) is 20.9 Å². The number of aromatic nitrogens is 3. The van der Waals surface area contributed by atoms with Crippen molar-refractivity contribution in [3.05, 3.63) is 11.6 Å². The number of anilines is 2. The Balaban J connectivity index is 2.05. The van der Waals surface area contributed by atoms with Crippen molar-refractivity contribution in [2.45, 2.75) is 58.3 Å². The molecule has 2 rings (SSSR count). The van der Waals surface area contributed by atoms with Crippen molar-refractivity contribution in [1.82, 2.24) is 15.0 Å². The van der Waals surface area contributed by atoms with E-state index in [-0.39, 0.29) is 16.6 Å². The van der Waals surface area contributed by atoms with Crippen LogP contribution in [0.25, 0.3) is 11.0 Å². The van der Waals surface area contributed by atoms with E-state index >= 15 is 0 Å². The molecule has 26 heavy (non-hydrogen) atoms. The minimum atomic E-state index is -1.20. The maximum absolute atomic E-state index is 13.7. The van der Waals surface area contributed by atoms with Gasteiger partial charge in [-0.1, -0.05) is 0 Å². The summed E-state index contributed by atoms with van der Waals surface area (Å²) >= 11 is 0. The molecule has 0 bridgehead atoms. The predicted molar refractivity (Wildman–Crippen MR) is 96.6 cm³/mol. The molecule has 0 spiro atoms. The topological polar surface area (TPSA) is 101 Å². The first-order valence-corrected chi connectivity index (χ1v) is 8.43. The van der Waals surface area contributed by atoms with Crippen LogP contribution in [0.5, 0.6) is 0 Å². The second-order valence-corrected chi connectivity index (χ2v) is 7.52. The van der Waals surface area contributed by atoms with Crippen LogP contribution in [0.2, 0.25) is 0 Å². The van der Waals surface area contributed by atoms with Crippen LogP contribution >= 0.6 is 0 Å². The zero-order valence-electron chi connectivity index (χ0n) is 15.9. The van der Waals surface area contributed by atoms with Crippen molar-refractivity contribution in [2.75, 3.05) is 25.2 Å². The predicted octanol–water partition coefficient (Wildman–Crippen LogP) is 2.87. The molecule has 7 nitrogen and oxygen atoms in total. The molecule has 0 aliphatic rings. The molecule has 0 radical (unpaired) electrons. The lowest BCUT2D eigenvalue weighted by molar-refractivity contribution is -0.0631. The molecule has 0 aliphatic heterocycles. The van der Waals surface area contributed by atoms with Crippen molar-refractivity contribution in [3.63, 3.8) is 0 Å². The highest BCUT2D eigenvalue weighted by Gasteiger charge is 2.24. The van der Waals surface area contributed by atoms with Crippen LogP contribution in [0.1, 0.15) is 40.5 Å². The van der Waals surface area contributed by atoms with E-state index in [0.29, 0.717) is 19.6 Å². The van der Waals surface area contributed by atoms with Crippen molar-refractivity contribution in [3.8, 4) is 0 Å². The first-order valence-electron chi connectivity index (χ1n) is 8.43. The molecule has 0 aliphatic carbocycles. The largest absolute Gasteiger partial charge is 0.394 e. The molecule has 1 heterocycles. The summed E-state index contributed by atoms with van der Waals surface area (Å²) in [4.78, 5) is 1.33. The van der Waals surface area contributed by atoms with E-state index in [0.717, 1.165) is 6.42 Å². The van der Waals surface area contributed by atoms with Crippen LogP contribution in [-0.4, -0.2) is 39.9 Å². The van der Waals surface area contributed by atoms with Gasteiger partial charge in [0, 0.05) is 7.11 Å². The summed E-state index contributed by atoms with van der Waals surface area (Å²) in [7, 11) is 1.67. The van der Waals surface area contributed by atoms with Crippen LogP contribution in [0, 0.1) is 11.6 Å². The van der Waals surface area contributed by atoms with E-state index in [9.17, 15) is 8.78 Å². The molecule has 146 valence electrons. The van der Waals surface area contributed by atoms with E-state index in [1.807, 2.05) is 27.7 Å². The third kappa shape index (κ3) is 4.39. The van der Waals surface area contributed by atoms with Gasteiger partial charge in [-0.3, -0.25) is 0 Å². The molecule has 4 N–H and O–H groups in total. The number of halogens is 2. The minimum Gasteiger partial charge on any atom is -0.394 e. The Morgan fingerprint density at radius 2 is 1.42 bits per heavy atom. The monoisotopic (exact) mass is 371 g/mol. The lowest BCUT2D eigenvalue weighted by atomic mass is 10.0. The number of nitrogen functional groups attached to an aromatic ring is 2. The van der Waals surface area contributed by atoms with Gasteiger partial charge < -0.3 is 20.9 Å². The van der Waals surface area contributed by atoms with Gasteiger partial charge in [0.05, 0.1) is 24.4 Å². The number of methoxy groups -OCH3 is 1. The first kappa shape index (κ1) is 20.3. The number of hydrogen-bond donors (Lipinski definition) is 2. The second-order valence-electron chi connectivity index (χ2n) is 7.52. The quantitative estimate of drug-likeness (QED) is 0.692. The molecule has 0 saturated carbocycles. The SMILES string of the molecule is COC(C)(C)CCOC(C)(C)CCn1nc2c(N)c(F)c(F)c(N)c2n1. The van der Waals surface area contributed by atoms with Crippen LogP contribution < -0.4 is 11.5 Å². The Kier molecular flexibility index (Phi) is 5.72. The molecule has 0 atom stereocenters. The Bertz CT molecular complexity index is 744. The molecule has 0 saturated heterocycles. The zero-order chi connectivity index (χ0) is 19.7. The lowest BCUT2D eigenvalue weighted by Crippen LogP contribution is -2.31. The van der Waals surface area contributed by atoms with Crippen LogP contribution in [0.15, 0.2) is 0 Å². The van der Waals surface area contributed by atoms with Gasteiger partial charge in [-0.2, -0.15) is 15.0 Å². The van der Waals surface area contributed by atoms with Crippen LogP contribution in [-0.2, 0) is 16.0 Å². The highest BCUT2D eigenvalue weighted by atomic mass is 19.2.